The molecule has 15 heavy (non-hydrogen) atoms. The maximum Gasteiger partial charge on any atom is 0.336 e. The number of carboxylic acid groups (broad SMARTS) is 1. The maximum atomic E-state index is 10.9. The Morgan fingerprint density at radius 1 is 1.53 bits per heavy atom. The fourth-order valence-electron chi connectivity index (χ4n) is 1.32. The zero-order valence-electron chi connectivity index (χ0n) is 8.95. The van der Waals surface area contributed by atoms with Crippen molar-refractivity contribution in [3.8, 4) is 0 Å². The Morgan fingerprint density at radius 2 is 2.27 bits per heavy atom. The predicted molar refractivity (Wildman–Crippen MR) is 61.1 cm³/mol. The zero-order chi connectivity index (χ0) is 11.3. The predicted octanol–water partition coefficient (Wildman–Crippen LogP) is 1.93. The number of nitrogens with one attached hydrogen (secondary N) is 1. The lowest BCUT2D eigenvalue weighted by molar-refractivity contribution is 0.0696. The molecule has 1 aromatic carbocycles. The van der Waals surface area contributed by atoms with E-state index < -0.39 is 5.97 Å². The molecule has 0 aliphatic carbocycles. The van der Waals surface area contributed by atoms with Gasteiger partial charge in [-0.1, -0.05) is 29.8 Å². The van der Waals surface area contributed by atoms with Crippen molar-refractivity contribution in [3.63, 3.8) is 0 Å². The topological polar surface area (TPSA) is 49.3 Å². The molecule has 1 aromatic rings. The number of benzene rings is 1. The molecule has 0 amide bonds. The van der Waals surface area contributed by atoms with Crippen LogP contribution in [-0.2, 0) is 0 Å². The summed E-state index contributed by atoms with van der Waals surface area (Å²) in [7, 11) is 1.85. The molecule has 0 bridgehead atoms. The minimum absolute atomic E-state index is 0.341. The molecule has 0 unspecified atom stereocenters. The van der Waals surface area contributed by atoms with Crippen molar-refractivity contribution in [3.05, 3.63) is 41.0 Å². The van der Waals surface area contributed by atoms with Gasteiger partial charge < -0.3 is 10.4 Å². The van der Waals surface area contributed by atoms with Gasteiger partial charge in [0.05, 0.1) is 5.56 Å². The van der Waals surface area contributed by atoms with Crippen molar-refractivity contribution in [2.75, 3.05) is 13.6 Å². The summed E-state index contributed by atoms with van der Waals surface area (Å²) in [5.41, 5.74) is 2.15. The van der Waals surface area contributed by atoms with E-state index in [0.29, 0.717) is 5.56 Å². The van der Waals surface area contributed by atoms with E-state index in [0.717, 1.165) is 17.7 Å². The minimum Gasteiger partial charge on any atom is -0.478 e. The highest BCUT2D eigenvalue weighted by Gasteiger charge is 2.06. The molecule has 0 saturated carbocycles. The summed E-state index contributed by atoms with van der Waals surface area (Å²) in [5.74, 6) is -0.890. The van der Waals surface area contributed by atoms with Gasteiger partial charge in [-0.05, 0) is 25.6 Å². The summed E-state index contributed by atoms with van der Waals surface area (Å²) in [5, 5.41) is 11.9. The standard InChI is InChI=1S/C12H15NO2/c1-9-5-6-11(12(14)15)10(8-9)4-3-7-13-2/h3-6,8,13H,7H2,1-2H3,(H,14,15). The Labute approximate surface area is 89.4 Å². The van der Waals surface area contributed by atoms with Crippen LogP contribution in [0.5, 0.6) is 0 Å². The average molecular weight is 205 g/mol. The molecule has 1 rings (SSSR count). The van der Waals surface area contributed by atoms with Crippen LogP contribution >= 0.6 is 0 Å². The molecule has 0 atom stereocenters. The second-order valence-electron chi connectivity index (χ2n) is 3.36. The van der Waals surface area contributed by atoms with Crippen molar-refractivity contribution >= 4 is 12.0 Å². The molecule has 2 N–H and O–H groups in total. The van der Waals surface area contributed by atoms with Crippen LogP contribution in [0.4, 0.5) is 0 Å². The molecule has 3 heteroatoms. The molecule has 0 aromatic heterocycles. The average Bonchev–Trinajstić information content (AvgIpc) is 2.18. The summed E-state index contributed by atoms with van der Waals surface area (Å²) in [6.45, 7) is 2.67. The summed E-state index contributed by atoms with van der Waals surface area (Å²) in [6, 6.07) is 5.31. The van der Waals surface area contributed by atoms with Gasteiger partial charge in [-0.3, -0.25) is 0 Å². The van der Waals surface area contributed by atoms with Gasteiger partial charge in [0.25, 0.3) is 0 Å². The SMILES string of the molecule is CNCC=Cc1cc(C)ccc1C(=O)O. The van der Waals surface area contributed by atoms with Gasteiger partial charge in [0, 0.05) is 6.54 Å². The second-order valence-corrected chi connectivity index (χ2v) is 3.36. The Hall–Kier alpha value is -1.61. The lowest BCUT2D eigenvalue weighted by Crippen LogP contribution is -2.04. The van der Waals surface area contributed by atoms with Crippen molar-refractivity contribution in [1.29, 1.82) is 0 Å². The maximum absolute atomic E-state index is 10.9. The van der Waals surface area contributed by atoms with Crippen LogP contribution in [0.1, 0.15) is 21.5 Å². The fourth-order valence-corrected chi connectivity index (χ4v) is 1.32. The third-order valence-electron chi connectivity index (χ3n) is 2.06. The van der Waals surface area contributed by atoms with E-state index in [1.165, 1.54) is 0 Å². The van der Waals surface area contributed by atoms with Crippen LogP contribution in [-0.4, -0.2) is 24.7 Å². The Kier molecular flexibility index (Phi) is 4.06. The monoisotopic (exact) mass is 205 g/mol. The quantitative estimate of drug-likeness (QED) is 0.789. The van der Waals surface area contributed by atoms with Crippen molar-refractivity contribution in [1.82, 2.24) is 5.32 Å². The van der Waals surface area contributed by atoms with Gasteiger partial charge in [0.1, 0.15) is 0 Å². The number of aryl methyl sites for hydroxylation is 1. The van der Waals surface area contributed by atoms with Gasteiger partial charge in [-0.15, -0.1) is 0 Å². The Bertz CT molecular complexity index is 383. The molecule has 0 saturated heterocycles. The summed E-state index contributed by atoms with van der Waals surface area (Å²) in [4.78, 5) is 10.9. The molecular weight excluding hydrogens is 190 g/mol. The highest BCUT2D eigenvalue weighted by Crippen LogP contribution is 2.13. The van der Waals surface area contributed by atoms with E-state index in [9.17, 15) is 4.79 Å². The van der Waals surface area contributed by atoms with Crippen molar-refractivity contribution in [2.45, 2.75) is 6.92 Å². The van der Waals surface area contributed by atoms with Gasteiger partial charge in [-0.25, -0.2) is 4.79 Å². The molecule has 80 valence electrons. The van der Waals surface area contributed by atoms with E-state index in [2.05, 4.69) is 5.32 Å². The first-order valence-corrected chi connectivity index (χ1v) is 4.80. The molecule has 0 radical (unpaired) electrons. The number of likely N-dealkylation sites (N-methyl/N-ethyl adjacent to an activating group) is 1. The van der Waals surface area contributed by atoms with Gasteiger partial charge in [0.15, 0.2) is 0 Å². The molecule has 0 heterocycles. The first kappa shape index (κ1) is 11.5. The van der Waals surface area contributed by atoms with Crippen LogP contribution in [0.25, 0.3) is 6.08 Å². The van der Waals surface area contributed by atoms with E-state index >= 15 is 0 Å². The summed E-state index contributed by atoms with van der Waals surface area (Å²) in [6.07, 6.45) is 3.73. The van der Waals surface area contributed by atoms with Crippen LogP contribution in [0.15, 0.2) is 24.3 Å². The lowest BCUT2D eigenvalue weighted by atomic mass is 10.0. The number of carbonyl (C=O) groups is 1. The third kappa shape index (κ3) is 3.22. The molecule has 0 aliphatic rings. The number of hydrogen-bond acceptors (Lipinski definition) is 2. The summed E-state index contributed by atoms with van der Waals surface area (Å²) >= 11 is 0. The van der Waals surface area contributed by atoms with Crippen LogP contribution in [0.3, 0.4) is 0 Å². The highest BCUT2D eigenvalue weighted by molar-refractivity contribution is 5.92. The number of rotatable bonds is 4. The third-order valence-corrected chi connectivity index (χ3v) is 2.06. The number of carboxylic acids is 1. The van der Waals surface area contributed by atoms with Crippen molar-refractivity contribution < 1.29 is 9.90 Å². The van der Waals surface area contributed by atoms with Crippen LogP contribution in [0, 0.1) is 6.92 Å². The fraction of sp³-hybridized carbons (Fsp3) is 0.250. The largest absolute Gasteiger partial charge is 0.478 e. The minimum atomic E-state index is -0.890. The second kappa shape index (κ2) is 5.32. The first-order valence-electron chi connectivity index (χ1n) is 4.80. The lowest BCUT2D eigenvalue weighted by Gasteiger charge is -2.02. The van der Waals surface area contributed by atoms with E-state index in [1.807, 2.05) is 32.2 Å². The molecule has 3 nitrogen and oxygen atoms in total. The van der Waals surface area contributed by atoms with Crippen LogP contribution in [0.2, 0.25) is 0 Å². The van der Waals surface area contributed by atoms with Crippen molar-refractivity contribution in [2.24, 2.45) is 0 Å². The molecule has 0 fully saturated rings. The molecule has 0 spiro atoms. The van der Waals surface area contributed by atoms with E-state index in [1.54, 1.807) is 12.1 Å². The van der Waals surface area contributed by atoms with Gasteiger partial charge in [0.2, 0.25) is 0 Å². The normalized spacial score (nSPS) is 10.8. The Morgan fingerprint density at radius 3 is 2.87 bits per heavy atom. The highest BCUT2D eigenvalue weighted by atomic mass is 16.4. The van der Waals surface area contributed by atoms with E-state index in [4.69, 9.17) is 5.11 Å². The number of aromatic carboxylic acids is 1. The number of hydrogen-bond donors (Lipinski definition) is 2. The van der Waals surface area contributed by atoms with E-state index in [-0.39, 0.29) is 0 Å². The smallest absolute Gasteiger partial charge is 0.336 e. The molecular formula is C12H15NO2. The Balaban J connectivity index is 3.02. The van der Waals surface area contributed by atoms with Gasteiger partial charge >= 0.3 is 5.97 Å². The first-order chi connectivity index (χ1) is 7.15. The summed E-state index contributed by atoms with van der Waals surface area (Å²) < 4.78 is 0. The zero-order valence-corrected chi connectivity index (χ0v) is 8.95. The van der Waals surface area contributed by atoms with Crippen LogP contribution < -0.4 is 5.32 Å². The van der Waals surface area contributed by atoms with Gasteiger partial charge in [-0.2, -0.15) is 0 Å². The molecule has 0 aliphatic heterocycles.